The van der Waals surface area contributed by atoms with Gasteiger partial charge in [0.05, 0.1) is 43.0 Å². The molecule has 1 fully saturated rings. The molecule has 0 aliphatic carbocycles. The van der Waals surface area contributed by atoms with Crippen LogP contribution in [0.2, 0.25) is 10.0 Å². The van der Waals surface area contributed by atoms with E-state index in [0.717, 1.165) is 0 Å². The molecule has 0 radical (unpaired) electrons. The lowest BCUT2D eigenvalue weighted by Gasteiger charge is -2.32. The second kappa shape index (κ2) is 10.4. The van der Waals surface area contributed by atoms with Gasteiger partial charge in [-0.2, -0.15) is 4.98 Å². The summed E-state index contributed by atoms with van der Waals surface area (Å²) in [7, 11) is 3.04. The molecule has 1 saturated heterocycles. The van der Waals surface area contributed by atoms with Gasteiger partial charge in [0.1, 0.15) is 11.5 Å². The summed E-state index contributed by atoms with van der Waals surface area (Å²) in [6, 6.07) is 3.13. The molecule has 2 atom stereocenters. The summed E-state index contributed by atoms with van der Waals surface area (Å²) in [5, 5.41) is 7.53. The van der Waals surface area contributed by atoms with Gasteiger partial charge in [0.15, 0.2) is 5.65 Å². The molecule has 3 aromatic rings. The zero-order chi connectivity index (χ0) is 24.2. The van der Waals surface area contributed by atoms with E-state index >= 15 is 0 Å². The van der Waals surface area contributed by atoms with Crippen LogP contribution < -0.4 is 20.1 Å². The Hall–Kier alpha value is -3.14. The summed E-state index contributed by atoms with van der Waals surface area (Å²) in [6.07, 6.45) is 5.19. The summed E-state index contributed by atoms with van der Waals surface area (Å²) in [6.45, 7) is 4.47. The minimum absolute atomic E-state index is 0.138. The van der Waals surface area contributed by atoms with Gasteiger partial charge in [-0.05, 0) is 18.6 Å². The maximum atomic E-state index is 11.8. The molecular formula is C23H23Cl2N5O4. The molecule has 3 heterocycles. The number of halogens is 2. The number of nitrogens with zero attached hydrogens (tertiary/aromatic N) is 3. The number of anilines is 1. The first-order valence-electron chi connectivity index (χ1n) is 10.5. The smallest absolute Gasteiger partial charge is 0.243 e. The highest BCUT2D eigenvalue weighted by molar-refractivity contribution is 6.41. The molecule has 9 nitrogen and oxygen atoms in total. The molecule has 1 amide bonds. The van der Waals surface area contributed by atoms with Crippen LogP contribution in [-0.2, 0) is 9.53 Å². The Bertz CT molecular complexity index is 1210. The Morgan fingerprint density at radius 3 is 2.56 bits per heavy atom. The third-order valence-corrected chi connectivity index (χ3v) is 6.23. The molecular weight excluding hydrogens is 481 g/mol. The number of pyridine rings is 1. The summed E-state index contributed by atoms with van der Waals surface area (Å²) in [5.74, 6) is 1.00. The van der Waals surface area contributed by atoms with Gasteiger partial charge in [0, 0.05) is 41.6 Å². The largest absolute Gasteiger partial charge is 0.495 e. The summed E-state index contributed by atoms with van der Waals surface area (Å²) in [4.78, 5) is 25.2. The maximum absolute atomic E-state index is 11.8. The normalized spacial score (nSPS) is 17.8. The van der Waals surface area contributed by atoms with E-state index in [1.165, 1.54) is 20.3 Å². The topological polar surface area (TPSA) is 107 Å². The quantitative estimate of drug-likeness (QED) is 0.467. The highest BCUT2D eigenvalue weighted by Gasteiger charge is 2.27. The third kappa shape index (κ3) is 4.86. The van der Waals surface area contributed by atoms with Crippen molar-refractivity contribution in [3.8, 4) is 22.6 Å². The molecule has 2 aromatic heterocycles. The highest BCUT2D eigenvalue weighted by Crippen LogP contribution is 2.46. The number of aromatic nitrogens is 3. The van der Waals surface area contributed by atoms with E-state index in [2.05, 4.69) is 32.2 Å². The second-order valence-corrected chi connectivity index (χ2v) is 8.30. The van der Waals surface area contributed by atoms with E-state index in [0.29, 0.717) is 69.3 Å². The van der Waals surface area contributed by atoms with E-state index in [9.17, 15) is 4.79 Å². The first-order valence-corrected chi connectivity index (χ1v) is 11.2. The maximum Gasteiger partial charge on any atom is 0.243 e. The van der Waals surface area contributed by atoms with Crippen molar-refractivity contribution in [2.24, 2.45) is 0 Å². The fourth-order valence-electron chi connectivity index (χ4n) is 3.73. The van der Waals surface area contributed by atoms with Crippen LogP contribution in [0.5, 0.6) is 11.5 Å². The number of methoxy groups -OCH3 is 2. The number of hydrogen-bond donors (Lipinski definition) is 2. The van der Waals surface area contributed by atoms with Gasteiger partial charge in [-0.3, -0.25) is 4.79 Å². The van der Waals surface area contributed by atoms with Crippen molar-refractivity contribution in [1.82, 2.24) is 20.3 Å². The predicted molar refractivity (Wildman–Crippen MR) is 131 cm³/mol. The SMILES string of the molecule is C=CC(=O)N[C@H]1CCOC[C@H]1Nc1ncc2cc(-c3c(Cl)c(OC)cc(OC)c3Cl)cnc2n1. The van der Waals surface area contributed by atoms with Crippen molar-refractivity contribution in [3.63, 3.8) is 0 Å². The van der Waals surface area contributed by atoms with Crippen molar-refractivity contribution < 1.29 is 19.0 Å². The zero-order valence-corrected chi connectivity index (χ0v) is 20.1. The van der Waals surface area contributed by atoms with E-state index in [-0.39, 0.29) is 18.0 Å². The number of nitrogens with one attached hydrogen (secondary N) is 2. The number of carbonyl (C=O) groups excluding carboxylic acids is 1. The van der Waals surface area contributed by atoms with Gasteiger partial charge in [-0.25, -0.2) is 9.97 Å². The van der Waals surface area contributed by atoms with Gasteiger partial charge >= 0.3 is 0 Å². The summed E-state index contributed by atoms with van der Waals surface area (Å²) >= 11 is 13.1. The van der Waals surface area contributed by atoms with E-state index in [1.54, 1.807) is 18.5 Å². The number of ether oxygens (including phenoxy) is 3. The number of benzene rings is 1. The van der Waals surface area contributed by atoms with Gasteiger partial charge < -0.3 is 24.8 Å². The number of carbonyl (C=O) groups is 1. The molecule has 1 aliphatic rings. The Labute approximate surface area is 206 Å². The zero-order valence-electron chi connectivity index (χ0n) is 18.6. The van der Waals surface area contributed by atoms with E-state index < -0.39 is 0 Å². The molecule has 0 bridgehead atoms. The van der Waals surface area contributed by atoms with Gasteiger partial charge in [-0.15, -0.1) is 0 Å². The predicted octanol–water partition coefficient (Wildman–Crippen LogP) is 3.89. The standard InChI is InChI=1S/C23H23Cl2N5O4/c1-4-18(31)28-14-5-6-34-11-15(14)29-23-27-10-13-7-12(9-26-22(13)30-23)19-20(24)16(32-2)8-17(33-3)21(19)25/h4,7-10,14-15H,1,5-6,11H2,2-3H3,(H,28,31)(H,26,27,29,30)/t14-,15+/m0/s1. The number of fused-ring (bicyclic) bond motifs is 1. The summed E-state index contributed by atoms with van der Waals surface area (Å²) in [5.41, 5.74) is 1.68. The molecule has 2 N–H and O–H groups in total. The molecule has 1 aromatic carbocycles. The van der Waals surface area contributed by atoms with Crippen molar-refractivity contribution in [3.05, 3.63) is 47.2 Å². The number of amides is 1. The average molecular weight is 504 g/mol. The molecule has 0 saturated carbocycles. The fourth-order valence-corrected chi connectivity index (χ4v) is 4.45. The Morgan fingerprint density at radius 2 is 1.88 bits per heavy atom. The average Bonchev–Trinajstić information content (AvgIpc) is 2.85. The van der Waals surface area contributed by atoms with Crippen molar-refractivity contribution in [2.45, 2.75) is 18.5 Å². The Morgan fingerprint density at radius 1 is 1.15 bits per heavy atom. The van der Waals surface area contributed by atoms with Crippen LogP contribution in [-0.4, -0.2) is 60.4 Å². The van der Waals surface area contributed by atoms with Gasteiger partial charge in [0.2, 0.25) is 11.9 Å². The Kier molecular flexibility index (Phi) is 7.35. The molecule has 11 heteroatoms. The molecule has 34 heavy (non-hydrogen) atoms. The monoisotopic (exact) mass is 503 g/mol. The minimum Gasteiger partial charge on any atom is -0.495 e. The second-order valence-electron chi connectivity index (χ2n) is 7.55. The van der Waals surface area contributed by atoms with E-state index in [4.69, 9.17) is 37.4 Å². The van der Waals surface area contributed by atoms with Crippen LogP contribution in [0.4, 0.5) is 5.95 Å². The molecule has 1 aliphatic heterocycles. The Balaban J connectivity index is 1.63. The first-order chi connectivity index (χ1) is 16.4. The van der Waals surface area contributed by atoms with Crippen LogP contribution in [0.25, 0.3) is 22.2 Å². The van der Waals surface area contributed by atoms with Crippen LogP contribution in [0, 0.1) is 0 Å². The van der Waals surface area contributed by atoms with Gasteiger partial charge in [-0.1, -0.05) is 29.8 Å². The fraction of sp³-hybridized carbons (Fsp3) is 0.304. The lowest BCUT2D eigenvalue weighted by atomic mass is 10.0. The van der Waals surface area contributed by atoms with Gasteiger partial charge in [0.25, 0.3) is 0 Å². The van der Waals surface area contributed by atoms with Crippen molar-refractivity contribution >= 4 is 46.1 Å². The lowest BCUT2D eigenvalue weighted by Crippen LogP contribution is -2.52. The summed E-state index contributed by atoms with van der Waals surface area (Å²) < 4.78 is 16.3. The van der Waals surface area contributed by atoms with Crippen molar-refractivity contribution in [2.75, 3.05) is 32.8 Å². The lowest BCUT2D eigenvalue weighted by molar-refractivity contribution is -0.117. The molecule has 0 spiro atoms. The first kappa shape index (κ1) is 24.0. The van der Waals surface area contributed by atoms with Crippen molar-refractivity contribution in [1.29, 1.82) is 0 Å². The highest BCUT2D eigenvalue weighted by atomic mass is 35.5. The minimum atomic E-state index is -0.237. The molecule has 0 unspecified atom stereocenters. The van der Waals surface area contributed by atoms with Crippen LogP contribution >= 0.6 is 23.2 Å². The molecule has 178 valence electrons. The van der Waals surface area contributed by atoms with Crippen LogP contribution in [0.15, 0.2) is 37.2 Å². The number of hydrogen-bond acceptors (Lipinski definition) is 8. The number of rotatable bonds is 7. The van der Waals surface area contributed by atoms with E-state index in [1.807, 2.05) is 6.07 Å². The third-order valence-electron chi connectivity index (χ3n) is 5.48. The molecule has 4 rings (SSSR count). The van der Waals surface area contributed by atoms with Crippen LogP contribution in [0.1, 0.15) is 6.42 Å². The van der Waals surface area contributed by atoms with Crippen LogP contribution in [0.3, 0.4) is 0 Å².